The van der Waals surface area contributed by atoms with Crippen molar-refractivity contribution in [3.05, 3.63) is 23.8 Å². The average molecular weight is 223 g/mol. The summed E-state index contributed by atoms with van der Waals surface area (Å²) in [7, 11) is 7.54. The van der Waals surface area contributed by atoms with Crippen molar-refractivity contribution in [1.82, 2.24) is 4.90 Å². The maximum Gasteiger partial charge on any atom is 0.122 e. The predicted octanol–water partition coefficient (Wildman–Crippen LogP) is 2.20. The summed E-state index contributed by atoms with van der Waals surface area (Å²) in [6, 6.07) is 6.39. The second kappa shape index (κ2) is 5.75. The van der Waals surface area contributed by atoms with E-state index < -0.39 is 0 Å². The van der Waals surface area contributed by atoms with Crippen molar-refractivity contribution < 1.29 is 9.47 Å². The molecule has 1 aromatic rings. The van der Waals surface area contributed by atoms with E-state index >= 15 is 0 Å². The molecular weight excluding hydrogens is 202 g/mol. The van der Waals surface area contributed by atoms with Crippen LogP contribution >= 0.6 is 0 Å². The van der Waals surface area contributed by atoms with Gasteiger partial charge in [0.05, 0.1) is 14.2 Å². The van der Waals surface area contributed by atoms with Gasteiger partial charge in [-0.1, -0.05) is 0 Å². The quantitative estimate of drug-likeness (QED) is 0.764. The first-order valence-corrected chi connectivity index (χ1v) is 5.45. The monoisotopic (exact) mass is 223 g/mol. The fraction of sp³-hybridized carbons (Fsp3) is 0.538. The minimum Gasteiger partial charge on any atom is -0.497 e. The minimum atomic E-state index is 0.473. The van der Waals surface area contributed by atoms with Crippen LogP contribution < -0.4 is 9.47 Å². The van der Waals surface area contributed by atoms with E-state index in [4.69, 9.17) is 9.47 Å². The van der Waals surface area contributed by atoms with E-state index in [0.29, 0.717) is 6.04 Å². The molecule has 1 aromatic carbocycles. The SMILES string of the molecule is COc1ccc(OC)c(CC(C)N(C)C)c1. The van der Waals surface area contributed by atoms with E-state index in [1.807, 2.05) is 18.2 Å². The molecule has 0 saturated heterocycles. The van der Waals surface area contributed by atoms with E-state index in [-0.39, 0.29) is 0 Å². The third-order valence-corrected chi connectivity index (χ3v) is 2.88. The summed E-state index contributed by atoms with van der Waals surface area (Å²) in [4.78, 5) is 2.19. The first-order valence-electron chi connectivity index (χ1n) is 5.45. The van der Waals surface area contributed by atoms with Crippen LogP contribution in [0, 0.1) is 0 Å². The standard InChI is InChI=1S/C13H21NO2/c1-10(14(2)3)8-11-9-12(15-4)6-7-13(11)16-5/h6-7,9-10H,8H2,1-5H3. The molecule has 0 saturated carbocycles. The summed E-state index contributed by atoms with van der Waals surface area (Å²) in [5, 5.41) is 0. The Balaban J connectivity index is 2.91. The summed E-state index contributed by atoms with van der Waals surface area (Å²) < 4.78 is 10.6. The third-order valence-electron chi connectivity index (χ3n) is 2.88. The Labute approximate surface area is 98.0 Å². The minimum absolute atomic E-state index is 0.473. The van der Waals surface area contributed by atoms with Gasteiger partial charge in [0.2, 0.25) is 0 Å². The molecule has 0 aliphatic carbocycles. The Morgan fingerprint density at radius 3 is 2.38 bits per heavy atom. The predicted molar refractivity (Wildman–Crippen MR) is 66.4 cm³/mol. The Kier molecular flexibility index (Phi) is 4.62. The number of ether oxygens (including phenoxy) is 2. The van der Waals surface area contributed by atoms with E-state index in [9.17, 15) is 0 Å². The van der Waals surface area contributed by atoms with Gasteiger partial charge in [-0.15, -0.1) is 0 Å². The van der Waals surface area contributed by atoms with Crippen molar-refractivity contribution in [2.75, 3.05) is 28.3 Å². The number of benzene rings is 1. The molecule has 1 atom stereocenters. The molecule has 3 nitrogen and oxygen atoms in total. The second-order valence-corrected chi connectivity index (χ2v) is 4.19. The third kappa shape index (κ3) is 3.14. The van der Waals surface area contributed by atoms with Gasteiger partial charge in [-0.2, -0.15) is 0 Å². The molecule has 1 unspecified atom stereocenters. The number of likely N-dealkylation sites (N-methyl/N-ethyl adjacent to an activating group) is 1. The van der Waals surface area contributed by atoms with Crippen molar-refractivity contribution in [3.63, 3.8) is 0 Å². The molecule has 0 aliphatic rings. The highest BCUT2D eigenvalue weighted by atomic mass is 16.5. The highest BCUT2D eigenvalue weighted by Crippen LogP contribution is 2.25. The lowest BCUT2D eigenvalue weighted by Gasteiger charge is -2.21. The number of methoxy groups -OCH3 is 2. The van der Waals surface area contributed by atoms with Crippen molar-refractivity contribution in [3.8, 4) is 11.5 Å². The van der Waals surface area contributed by atoms with Crippen molar-refractivity contribution in [1.29, 1.82) is 0 Å². The zero-order valence-corrected chi connectivity index (χ0v) is 10.8. The molecule has 0 heterocycles. The van der Waals surface area contributed by atoms with Gasteiger partial charge >= 0.3 is 0 Å². The lowest BCUT2D eigenvalue weighted by molar-refractivity contribution is 0.308. The number of nitrogens with zero attached hydrogens (tertiary/aromatic N) is 1. The highest BCUT2D eigenvalue weighted by Gasteiger charge is 2.11. The van der Waals surface area contributed by atoms with Gasteiger partial charge in [0.1, 0.15) is 11.5 Å². The zero-order chi connectivity index (χ0) is 12.1. The molecule has 0 bridgehead atoms. The fourth-order valence-electron chi connectivity index (χ4n) is 1.54. The van der Waals surface area contributed by atoms with Gasteiger partial charge in [-0.05, 0) is 51.2 Å². The zero-order valence-electron chi connectivity index (χ0n) is 10.8. The summed E-state index contributed by atoms with van der Waals surface area (Å²) >= 11 is 0. The largest absolute Gasteiger partial charge is 0.497 e. The molecule has 0 N–H and O–H groups in total. The van der Waals surface area contributed by atoms with E-state index in [1.54, 1.807) is 14.2 Å². The molecule has 16 heavy (non-hydrogen) atoms. The van der Waals surface area contributed by atoms with Crippen LogP contribution in [0.5, 0.6) is 11.5 Å². The van der Waals surface area contributed by atoms with E-state index in [1.165, 1.54) is 5.56 Å². The lowest BCUT2D eigenvalue weighted by Crippen LogP contribution is -2.26. The van der Waals surface area contributed by atoms with Gasteiger partial charge in [0.15, 0.2) is 0 Å². The molecule has 1 rings (SSSR count). The Hall–Kier alpha value is -1.22. The molecular formula is C13H21NO2. The van der Waals surface area contributed by atoms with Crippen LogP contribution in [0.4, 0.5) is 0 Å². The maximum absolute atomic E-state index is 5.35. The Morgan fingerprint density at radius 1 is 1.19 bits per heavy atom. The molecule has 0 radical (unpaired) electrons. The van der Waals surface area contributed by atoms with Gasteiger partial charge in [0, 0.05) is 6.04 Å². The summed E-state index contributed by atoms with van der Waals surface area (Å²) in [6.45, 7) is 2.19. The molecule has 0 spiro atoms. The Bertz CT molecular complexity index is 337. The smallest absolute Gasteiger partial charge is 0.122 e. The van der Waals surface area contributed by atoms with Crippen LogP contribution in [0.15, 0.2) is 18.2 Å². The highest BCUT2D eigenvalue weighted by molar-refractivity contribution is 5.40. The van der Waals surface area contributed by atoms with E-state index in [2.05, 4.69) is 25.9 Å². The van der Waals surface area contributed by atoms with Gasteiger partial charge < -0.3 is 14.4 Å². The van der Waals surface area contributed by atoms with Gasteiger partial charge in [0.25, 0.3) is 0 Å². The van der Waals surface area contributed by atoms with Gasteiger partial charge in [-0.25, -0.2) is 0 Å². The van der Waals surface area contributed by atoms with Crippen LogP contribution in [0.1, 0.15) is 12.5 Å². The van der Waals surface area contributed by atoms with Crippen LogP contribution in [-0.4, -0.2) is 39.3 Å². The summed E-state index contributed by atoms with van der Waals surface area (Å²) in [5.41, 5.74) is 1.18. The molecule has 3 heteroatoms. The molecule has 0 fully saturated rings. The molecule has 0 aromatic heterocycles. The van der Waals surface area contributed by atoms with Crippen LogP contribution in [0.3, 0.4) is 0 Å². The molecule has 0 aliphatic heterocycles. The van der Waals surface area contributed by atoms with Crippen LogP contribution in [-0.2, 0) is 6.42 Å². The average Bonchev–Trinajstić information content (AvgIpc) is 2.28. The van der Waals surface area contributed by atoms with Crippen molar-refractivity contribution in [2.24, 2.45) is 0 Å². The summed E-state index contributed by atoms with van der Waals surface area (Å²) in [5.74, 6) is 1.80. The first kappa shape index (κ1) is 12.8. The lowest BCUT2D eigenvalue weighted by atomic mass is 10.1. The fourth-order valence-corrected chi connectivity index (χ4v) is 1.54. The van der Waals surface area contributed by atoms with E-state index in [0.717, 1.165) is 17.9 Å². The van der Waals surface area contributed by atoms with Crippen LogP contribution in [0.25, 0.3) is 0 Å². The van der Waals surface area contributed by atoms with Crippen molar-refractivity contribution >= 4 is 0 Å². The Morgan fingerprint density at radius 2 is 1.88 bits per heavy atom. The van der Waals surface area contributed by atoms with Crippen molar-refractivity contribution in [2.45, 2.75) is 19.4 Å². The normalized spacial score (nSPS) is 12.6. The van der Waals surface area contributed by atoms with Gasteiger partial charge in [-0.3, -0.25) is 0 Å². The number of hydrogen-bond donors (Lipinski definition) is 0. The van der Waals surface area contributed by atoms with Crippen LogP contribution in [0.2, 0.25) is 0 Å². The molecule has 90 valence electrons. The molecule has 0 amide bonds. The second-order valence-electron chi connectivity index (χ2n) is 4.19. The summed E-state index contributed by atoms with van der Waals surface area (Å²) in [6.07, 6.45) is 0.952. The number of rotatable bonds is 5. The number of hydrogen-bond acceptors (Lipinski definition) is 3. The topological polar surface area (TPSA) is 21.7 Å². The first-order chi connectivity index (χ1) is 7.58. The maximum atomic E-state index is 5.35.